The van der Waals surface area contributed by atoms with Crippen LogP contribution in [-0.4, -0.2) is 38.1 Å². The second kappa shape index (κ2) is 17.4. The largest absolute Gasteiger partial charge is 0.383 e. The lowest BCUT2D eigenvalue weighted by Gasteiger charge is -2.21. The fourth-order valence-corrected chi connectivity index (χ4v) is 3.06. The second-order valence-electron chi connectivity index (χ2n) is 8.99. The van der Waals surface area contributed by atoms with Gasteiger partial charge < -0.3 is 15.5 Å². The van der Waals surface area contributed by atoms with Crippen LogP contribution in [0.1, 0.15) is 41.5 Å². The van der Waals surface area contributed by atoms with Crippen LogP contribution in [0.25, 0.3) is 0 Å². The van der Waals surface area contributed by atoms with Gasteiger partial charge in [-0.2, -0.15) is 0 Å². The van der Waals surface area contributed by atoms with Gasteiger partial charge in [-0.15, -0.1) is 0 Å². The molecule has 0 amide bonds. The SMILES string of the molecule is C=C/C=C(/NCCN(C)CCNC(=C/C=C)/C(=C/C=C(C)C)C(=C)C)C(/C=C\C(=C)C)=C(C)C. The molecule has 0 spiro atoms. The Balaban J connectivity index is 5.03. The van der Waals surface area contributed by atoms with Crippen molar-refractivity contribution in [3.05, 3.63) is 120 Å². The van der Waals surface area contributed by atoms with Crippen molar-refractivity contribution in [2.24, 2.45) is 0 Å². The Bertz CT molecular complexity index is 893. The first-order chi connectivity index (χ1) is 16.0. The second-order valence-corrected chi connectivity index (χ2v) is 8.99. The van der Waals surface area contributed by atoms with Crippen LogP contribution in [0.4, 0.5) is 0 Å². The van der Waals surface area contributed by atoms with E-state index in [4.69, 9.17) is 0 Å². The van der Waals surface area contributed by atoms with Crippen LogP contribution in [0.15, 0.2) is 120 Å². The van der Waals surface area contributed by atoms with Gasteiger partial charge in [-0.3, -0.25) is 0 Å². The highest BCUT2D eigenvalue weighted by atomic mass is 15.1. The summed E-state index contributed by atoms with van der Waals surface area (Å²) in [5.41, 5.74) is 8.92. The molecule has 0 aliphatic carbocycles. The Morgan fingerprint density at radius 3 is 1.71 bits per heavy atom. The average Bonchev–Trinajstić information content (AvgIpc) is 2.73. The topological polar surface area (TPSA) is 27.3 Å². The molecule has 0 saturated heterocycles. The van der Waals surface area contributed by atoms with E-state index in [1.54, 1.807) is 0 Å². The van der Waals surface area contributed by atoms with Gasteiger partial charge in [0.05, 0.1) is 0 Å². The summed E-state index contributed by atoms with van der Waals surface area (Å²) in [6.07, 6.45) is 16.0. The third kappa shape index (κ3) is 13.5. The van der Waals surface area contributed by atoms with Crippen molar-refractivity contribution in [2.75, 3.05) is 33.2 Å². The Kier molecular flexibility index (Phi) is 15.9. The van der Waals surface area contributed by atoms with Gasteiger partial charge in [0.1, 0.15) is 0 Å². The number of hydrogen-bond donors (Lipinski definition) is 2. The molecule has 0 bridgehead atoms. The van der Waals surface area contributed by atoms with Crippen LogP contribution in [0.2, 0.25) is 0 Å². The lowest BCUT2D eigenvalue weighted by atomic mass is 10.0. The number of likely N-dealkylation sites (N-methyl/N-ethyl adjacent to an activating group) is 1. The van der Waals surface area contributed by atoms with E-state index in [2.05, 4.69) is 94.8 Å². The van der Waals surface area contributed by atoms with E-state index in [9.17, 15) is 0 Å². The van der Waals surface area contributed by atoms with Crippen LogP contribution >= 0.6 is 0 Å². The van der Waals surface area contributed by atoms with Crippen LogP contribution in [0.5, 0.6) is 0 Å². The van der Waals surface area contributed by atoms with Crippen molar-refractivity contribution in [2.45, 2.75) is 41.5 Å². The molecule has 0 aromatic carbocycles. The number of allylic oxidation sites excluding steroid dienone is 12. The summed E-state index contributed by atoms with van der Waals surface area (Å²) >= 11 is 0. The molecule has 0 aliphatic heterocycles. The molecule has 0 atom stereocenters. The van der Waals surface area contributed by atoms with E-state index in [-0.39, 0.29) is 0 Å². The predicted molar refractivity (Wildman–Crippen MR) is 155 cm³/mol. The number of rotatable bonds is 16. The van der Waals surface area contributed by atoms with E-state index in [0.717, 1.165) is 54.3 Å². The van der Waals surface area contributed by atoms with Crippen molar-refractivity contribution in [3.8, 4) is 0 Å². The van der Waals surface area contributed by atoms with Gasteiger partial charge in [-0.1, -0.05) is 79.5 Å². The molecule has 0 aromatic rings. The first kappa shape index (κ1) is 31.0. The maximum atomic E-state index is 4.14. The Morgan fingerprint density at radius 2 is 1.26 bits per heavy atom. The lowest BCUT2D eigenvalue weighted by Crippen LogP contribution is -2.34. The zero-order valence-electron chi connectivity index (χ0n) is 22.7. The molecule has 2 N–H and O–H groups in total. The molecule has 0 saturated carbocycles. The summed E-state index contributed by atoms with van der Waals surface area (Å²) in [7, 11) is 2.14. The number of hydrogen-bond acceptors (Lipinski definition) is 3. The van der Waals surface area contributed by atoms with Crippen LogP contribution < -0.4 is 10.6 Å². The molecule has 0 aromatic heterocycles. The highest BCUT2D eigenvalue weighted by molar-refractivity contribution is 5.47. The van der Waals surface area contributed by atoms with Crippen molar-refractivity contribution < 1.29 is 0 Å². The first-order valence-corrected chi connectivity index (χ1v) is 11.9. The zero-order chi connectivity index (χ0) is 26.1. The minimum Gasteiger partial charge on any atom is -0.383 e. The molecule has 0 rings (SSSR count). The standard InChI is InChI=1S/C31H47N3/c1-12-14-30(28(26(7)8)18-16-24(3)4)32-20-22-34(11)23-21-33-31(15-13-2)29(27(9)10)19-17-25(5)6/h12-19,32-33H,1-3,9,20-23H2,4-8,10-11H3/b18-16-,29-19+,30-14+,31-15+. The summed E-state index contributed by atoms with van der Waals surface area (Å²) in [6, 6.07) is 0. The summed E-state index contributed by atoms with van der Waals surface area (Å²) in [5, 5.41) is 7.13. The molecule has 0 heterocycles. The highest BCUT2D eigenvalue weighted by Gasteiger charge is 2.07. The van der Waals surface area contributed by atoms with E-state index in [0.29, 0.717) is 0 Å². The third-order valence-electron chi connectivity index (χ3n) is 4.88. The summed E-state index contributed by atoms with van der Waals surface area (Å²) in [5.74, 6) is 0. The Hall–Kier alpha value is -3.04. The molecule has 0 radical (unpaired) electrons. The van der Waals surface area contributed by atoms with Crippen LogP contribution in [0, 0.1) is 0 Å². The smallest absolute Gasteiger partial charge is 0.0416 e. The molecule has 0 aliphatic rings. The molecular weight excluding hydrogens is 414 g/mol. The fraction of sp³-hybridized carbons (Fsp3) is 0.355. The Morgan fingerprint density at radius 1 is 0.735 bits per heavy atom. The van der Waals surface area contributed by atoms with E-state index in [1.165, 1.54) is 16.7 Å². The molecule has 3 heteroatoms. The number of nitrogens with zero attached hydrogens (tertiary/aromatic N) is 1. The van der Waals surface area contributed by atoms with Gasteiger partial charge in [0.25, 0.3) is 0 Å². The molecule has 0 unspecified atom stereocenters. The minimum absolute atomic E-state index is 0.825. The molecule has 0 fully saturated rings. The van der Waals surface area contributed by atoms with Gasteiger partial charge >= 0.3 is 0 Å². The van der Waals surface area contributed by atoms with Crippen molar-refractivity contribution in [3.63, 3.8) is 0 Å². The van der Waals surface area contributed by atoms with E-state index in [1.807, 2.05) is 44.2 Å². The zero-order valence-corrected chi connectivity index (χ0v) is 22.7. The highest BCUT2D eigenvalue weighted by Crippen LogP contribution is 2.17. The quantitative estimate of drug-likeness (QED) is 0.238. The molecule has 34 heavy (non-hydrogen) atoms. The average molecular weight is 462 g/mol. The summed E-state index contributed by atoms with van der Waals surface area (Å²) < 4.78 is 0. The van der Waals surface area contributed by atoms with Crippen molar-refractivity contribution in [1.29, 1.82) is 0 Å². The monoisotopic (exact) mass is 461 g/mol. The molecule has 186 valence electrons. The van der Waals surface area contributed by atoms with Crippen molar-refractivity contribution >= 4 is 0 Å². The minimum atomic E-state index is 0.825. The fourth-order valence-electron chi connectivity index (χ4n) is 3.06. The van der Waals surface area contributed by atoms with Crippen molar-refractivity contribution in [1.82, 2.24) is 15.5 Å². The maximum Gasteiger partial charge on any atom is 0.0416 e. The summed E-state index contributed by atoms with van der Waals surface area (Å²) in [4.78, 5) is 2.31. The normalized spacial score (nSPS) is 12.4. The summed E-state index contributed by atoms with van der Waals surface area (Å²) in [6.45, 7) is 31.8. The van der Waals surface area contributed by atoms with Gasteiger partial charge in [-0.05, 0) is 77.5 Å². The van der Waals surface area contributed by atoms with Crippen LogP contribution in [-0.2, 0) is 0 Å². The lowest BCUT2D eigenvalue weighted by molar-refractivity contribution is 0.338. The first-order valence-electron chi connectivity index (χ1n) is 11.9. The third-order valence-corrected chi connectivity index (χ3v) is 4.88. The van der Waals surface area contributed by atoms with Gasteiger partial charge in [0.15, 0.2) is 0 Å². The van der Waals surface area contributed by atoms with Gasteiger partial charge in [0, 0.05) is 37.6 Å². The molecular formula is C31H47N3. The maximum absolute atomic E-state index is 4.14. The Labute approximate surface area is 210 Å². The number of nitrogens with one attached hydrogen (secondary N) is 2. The van der Waals surface area contributed by atoms with Gasteiger partial charge in [-0.25, -0.2) is 0 Å². The van der Waals surface area contributed by atoms with E-state index >= 15 is 0 Å². The molecule has 3 nitrogen and oxygen atoms in total. The predicted octanol–water partition coefficient (Wildman–Crippen LogP) is 7.17. The van der Waals surface area contributed by atoms with Gasteiger partial charge in [0.2, 0.25) is 0 Å². The van der Waals surface area contributed by atoms with Crippen LogP contribution in [0.3, 0.4) is 0 Å². The van der Waals surface area contributed by atoms with E-state index < -0.39 is 0 Å².